The van der Waals surface area contributed by atoms with Gasteiger partial charge in [0.25, 0.3) is 0 Å². The standard InChI is InChI=1S/C16H21NO3/c1-20-15-7-3-12(4-8-15)5-9-16(19)17-11-13-2-6-14(18)10-13/h3-5,7-9,13-14,18H,2,6,10-11H2,1H3,(H,17,19)/b9-5+. The number of amides is 1. The fourth-order valence-electron chi connectivity index (χ4n) is 2.42. The Morgan fingerprint density at radius 2 is 2.15 bits per heavy atom. The normalized spacial score (nSPS) is 22.1. The van der Waals surface area contributed by atoms with E-state index in [9.17, 15) is 9.90 Å². The Kier molecular flexibility index (Phi) is 5.18. The third kappa shape index (κ3) is 4.38. The highest BCUT2D eigenvalue weighted by Gasteiger charge is 2.22. The summed E-state index contributed by atoms with van der Waals surface area (Å²) in [6.45, 7) is 0.642. The van der Waals surface area contributed by atoms with Gasteiger partial charge < -0.3 is 15.2 Å². The smallest absolute Gasteiger partial charge is 0.244 e. The summed E-state index contributed by atoms with van der Waals surface area (Å²) in [5.74, 6) is 1.11. The number of ether oxygens (including phenoxy) is 1. The van der Waals surface area contributed by atoms with Crippen molar-refractivity contribution in [1.82, 2.24) is 5.32 Å². The van der Waals surface area contributed by atoms with E-state index in [0.717, 1.165) is 30.6 Å². The predicted octanol–water partition coefficient (Wildman–Crippen LogP) is 1.99. The zero-order valence-corrected chi connectivity index (χ0v) is 11.7. The molecule has 1 aromatic carbocycles. The lowest BCUT2D eigenvalue weighted by Crippen LogP contribution is -2.26. The molecular formula is C16H21NO3. The maximum absolute atomic E-state index is 11.7. The van der Waals surface area contributed by atoms with Crippen LogP contribution in [0.15, 0.2) is 30.3 Å². The first-order valence-electron chi connectivity index (χ1n) is 6.95. The van der Waals surface area contributed by atoms with Crippen molar-refractivity contribution in [1.29, 1.82) is 0 Å². The summed E-state index contributed by atoms with van der Waals surface area (Å²) in [6.07, 6.45) is 5.76. The van der Waals surface area contributed by atoms with Crippen LogP contribution in [-0.2, 0) is 4.79 Å². The van der Waals surface area contributed by atoms with Gasteiger partial charge in [0.15, 0.2) is 0 Å². The van der Waals surface area contributed by atoms with Gasteiger partial charge in [0.2, 0.25) is 5.91 Å². The van der Waals surface area contributed by atoms with Gasteiger partial charge in [-0.15, -0.1) is 0 Å². The SMILES string of the molecule is COc1ccc(/C=C/C(=O)NCC2CCC(O)C2)cc1. The summed E-state index contributed by atoms with van der Waals surface area (Å²) in [7, 11) is 1.62. The van der Waals surface area contributed by atoms with Crippen LogP contribution in [0.1, 0.15) is 24.8 Å². The lowest BCUT2D eigenvalue weighted by Gasteiger charge is -2.09. The molecule has 20 heavy (non-hydrogen) atoms. The molecule has 0 aliphatic heterocycles. The van der Waals surface area contributed by atoms with E-state index in [-0.39, 0.29) is 12.0 Å². The molecule has 108 valence electrons. The Hall–Kier alpha value is -1.81. The maximum atomic E-state index is 11.7. The summed E-state index contributed by atoms with van der Waals surface area (Å²) >= 11 is 0. The van der Waals surface area contributed by atoms with Crippen molar-refractivity contribution in [2.24, 2.45) is 5.92 Å². The fourth-order valence-corrected chi connectivity index (χ4v) is 2.42. The first-order chi connectivity index (χ1) is 9.67. The van der Waals surface area contributed by atoms with E-state index in [1.165, 1.54) is 6.08 Å². The lowest BCUT2D eigenvalue weighted by atomic mass is 10.1. The van der Waals surface area contributed by atoms with Gasteiger partial charge >= 0.3 is 0 Å². The number of aliphatic hydroxyl groups is 1. The molecule has 1 aromatic rings. The van der Waals surface area contributed by atoms with Gasteiger partial charge in [-0.1, -0.05) is 12.1 Å². The molecule has 0 saturated heterocycles. The van der Waals surface area contributed by atoms with Crippen LogP contribution in [0.3, 0.4) is 0 Å². The van der Waals surface area contributed by atoms with Crippen LogP contribution in [0.4, 0.5) is 0 Å². The predicted molar refractivity (Wildman–Crippen MR) is 78.4 cm³/mol. The molecule has 1 amide bonds. The molecule has 2 rings (SSSR count). The first kappa shape index (κ1) is 14.6. The lowest BCUT2D eigenvalue weighted by molar-refractivity contribution is -0.116. The molecule has 2 atom stereocenters. The molecule has 1 saturated carbocycles. The van der Waals surface area contributed by atoms with Crippen LogP contribution in [0.25, 0.3) is 6.08 Å². The Labute approximate surface area is 119 Å². The number of carbonyl (C=O) groups excluding carboxylic acids is 1. The molecule has 4 heteroatoms. The summed E-state index contributed by atoms with van der Waals surface area (Å²) < 4.78 is 5.08. The summed E-state index contributed by atoms with van der Waals surface area (Å²) in [4.78, 5) is 11.7. The molecule has 0 spiro atoms. The van der Waals surface area contributed by atoms with E-state index in [1.807, 2.05) is 24.3 Å². The van der Waals surface area contributed by atoms with Crippen LogP contribution < -0.4 is 10.1 Å². The van der Waals surface area contributed by atoms with Crippen LogP contribution in [0.2, 0.25) is 0 Å². The molecule has 1 aliphatic carbocycles. The van der Waals surface area contributed by atoms with Crippen LogP contribution in [0, 0.1) is 5.92 Å². The first-order valence-corrected chi connectivity index (χ1v) is 6.95. The van der Waals surface area contributed by atoms with Crippen molar-refractivity contribution in [3.63, 3.8) is 0 Å². The highest BCUT2D eigenvalue weighted by Crippen LogP contribution is 2.24. The third-order valence-corrected chi connectivity index (χ3v) is 3.62. The minimum Gasteiger partial charge on any atom is -0.497 e. The second-order valence-electron chi connectivity index (χ2n) is 5.18. The summed E-state index contributed by atoms with van der Waals surface area (Å²) in [5, 5.41) is 12.3. The second kappa shape index (κ2) is 7.10. The van der Waals surface area contributed by atoms with Gasteiger partial charge in [-0.2, -0.15) is 0 Å². The van der Waals surface area contributed by atoms with Gasteiger partial charge in [0.05, 0.1) is 13.2 Å². The molecule has 2 unspecified atom stereocenters. The van der Waals surface area contributed by atoms with Crippen LogP contribution in [0.5, 0.6) is 5.75 Å². The van der Waals surface area contributed by atoms with Crippen molar-refractivity contribution in [3.05, 3.63) is 35.9 Å². The van der Waals surface area contributed by atoms with E-state index in [4.69, 9.17) is 4.74 Å². The second-order valence-corrected chi connectivity index (χ2v) is 5.18. The van der Waals surface area contributed by atoms with Crippen molar-refractivity contribution >= 4 is 12.0 Å². The van der Waals surface area contributed by atoms with Gasteiger partial charge in [0, 0.05) is 12.6 Å². The molecule has 1 aliphatic rings. The summed E-state index contributed by atoms with van der Waals surface area (Å²) in [6, 6.07) is 7.51. The van der Waals surface area contributed by atoms with Crippen molar-refractivity contribution in [2.75, 3.05) is 13.7 Å². The summed E-state index contributed by atoms with van der Waals surface area (Å²) in [5.41, 5.74) is 0.956. The number of hydrogen-bond donors (Lipinski definition) is 2. The topological polar surface area (TPSA) is 58.6 Å². The van der Waals surface area contributed by atoms with Gasteiger partial charge in [0.1, 0.15) is 5.75 Å². The number of hydrogen-bond acceptors (Lipinski definition) is 3. The molecular weight excluding hydrogens is 254 g/mol. The van der Waals surface area contributed by atoms with E-state index in [0.29, 0.717) is 12.5 Å². The minimum atomic E-state index is -0.188. The van der Waals surface area contributed by atoms with Crippen LogP contribution in [-0.4, -0.2) is 30.8 Å². The minimum absolute atomic E-state index is 0.0952. The largest absolute Gasteiger partial charge is 0.497 e. The number of carbonyl (C=O) groups is 1. The Morgan fingerprint density at radius 3 is 2.75 bits per heavy atom. The highest BCUT2D eigenvalue weighted by atomic mass is 16.5. The average molecular weight is 275 g/mol. The van der Waals surface area contributed by atoms with E-state index in [1.54, 1.807) is 13.2 Å². The number of benzene rings is 1. The molecule has 0 heterocycles. The van der Waals surface area contributed by atoms with Gasteiger partial charge in [-0.3, -0.25) is 4.79 Å². The molecule has 0 bridgehead atoms. The van der Waals surface area contributed by atoms with Crippen LogP contribution >= 0.6 is 0 Å². The molecule has 2 N–H and O–H groups in total. The number of aliphatic hydroxyl groups excluding tert-OH is 1. The zero-order chi connectivity index (χ0) is 14.4. The number of rotatable bonds is 5. The maximum Gasteiger partial charge on any atom is 0.244 e. The third-order valence-electron chi connectivity index (χ3n) is 3.62. The Bertz CT molecular complexity index is 467. The van der Waals surface area contributed by atoms with Crippen molar-refractivity contribution in [3.8, 4) is 5.75 Å². The molecule has 0 aromatic heterocycles. The molecule has 0 radical (unpaired) electrons. The fraction of sp³-hybridized carbons (Fsp3) is 0.438. The van der Waals surface area contributed by atoms with E-state index < -0.39 is 0 Å². The van der Waals surface area contributed by atoms with E-state index in [2.05, 4.69) is 5.32 Å². The highest BCUT2D eigenvalue weighted by molar-refractivity contribution is 5.91. The number of methoxy groups -OCH3 is 1. The monoisotopic (exact) mass is 275 g/mol. The van der Waals surface area contributed by atoms with Gasteiger partial charge in [-0.25, -0.2) is 0 Å². The van der Waals surface area contributed by atoms with Gasteiger partial charge in [-0.05, 0) is 49.0 Å². The molecule has 1 fully saturated rings. The van der Waals surface area contributed by atoms with Crippen molar-refractivity contribution < 1.29 is 14.6 Å². The van der Waals surface area contributed by atoms with Crippen molar-refractivity contribution in [2.45, 2.75) is 25.4 Å². The average Bonchev–Trinajstić information content (AvgIpc) is 2.89. The Morgan fingerprint density at radius 1 is 1.40 bits per heavy atom. The number of nitrogens with one attached hydrogen (secondary N) is 1. The zero-order valence-electron chi connectivity index (χ0n) is 11.7. The van der Waals surface area contributed by atoms with E-state index >= 15 is 0 Å². The Balaban J connectivity index is 1.76. The quantitative estimate of drug-likeness (QED) is 0.808. The molecule has 4 nitrogen and oxygen atoms in total.